The number of hydrogen-bond donors (Lipinski definition) is 2. The average Bonchev–Trinajstić information content (AvgIpc) is 2.98. The predicted octanol–water partition coefficient (Wildman–Crippen LogP) is 2.42. The van der Waals surface area contributed by atoms with Gasteiger partial charge in [-0.1, -0.05) is 19.1 Å². The number of benzene rings is 1. The summed E-state index contributed by atoms with van der Waals surface area (Å²) in [6.45, 7) is 4.77. The Morgan fingerprint density at radius 1 is 1.38 bits per heavy atom. The lowest BCUT2D eigenvalue weighted by molar-refractivity contribution is 0.319. The zero-order chi connectivity index (χ0) is 14.1. The summed E-state index contributed by atoms with van der Waals surface area (Å²) in [6, 6.07) is 6.98. The smallest absolute Gasteiger partial charge is 0.132 e. The van der Waals surface area contributed by atoms with Crippen LogP contribution in [-0.4, -0.2) is 34.2 Å². The summed E-state index contributed by atoms with van der Waals surface area (Å²) in [5.41, 5.74) is 8.38. The molecule has 1 aromatic carbocycles. The zero-order valence-corrected chi connectivity index (χ0v) is 12.7. The maximum atomic E-state index is 13.9. The first-order valence-corrected chi connectivity index (χ1v) is 6.90. The second-order valence-corrected chi connectivity index (χ2v) is 5.59. The van der Waals surface area contributed by atoms with Crippen molar-refractivity contribution in [2.75, 3.05) is 13.1 Å². The predicted molar refractivity (Wildman–Crippen MR) is 83.6 cm³/mol. The minimum Gasteiger partial charge on any atom is -0.326 e. The highest BCUT2D eigenvalue weighted by Gasteiger charge is 2.27. The van der Waals surface area contributed by atoms with E-state index in [1.165, 1.54) is 6.07 Å². The van der Waals surface area contributed by atoms with Crippen molar-refractivity contribution in [3.63, 3.8) is 0 Å². The first-order chi connectivity index (χ1) is 9.65. The number of aromatic nitrogens is 2. The van der Waals surface area contributed by atoms with Crippen molar-refractivity contribution >= 4 is 12.4 Å². The van der Waals surface area contributed by atoms with E-state index in [9.17, 15) is 4.39 Å². The van der Waals surface area contributed by atoms with E-state index in [0.29, 0.717) is 11.5 Å². The Kier molecular flexibility index (Phi) is 4.98. The molecule has 0 aliphatic carbocycles. The van der Waals surface area contributed by atoms with Crippen LogP contribution in [0, 0.1) is 11.7 Å². The van der Waals surface area contributed by atoms with Gasteiger partial charge in [-0.25, -0.2) is 4.39 Å². The minimum atomic E-state index is -0.232. The molecule has 0 radical (unpaired) electrons. The third-order valence-corrected chi connectivity index (χ3v) is 4.00. The number of nitrogens with one attached hydrogen (secondary N) is 1. The number of rotatable bonds is 3. The van der Waals surface area contributed by atoms with Gasteiger partial charge >= 0.3 is 0 Å². The molecule has 3 rings (SSSR count). The number of aromatic amines is 1. The SMILES string of the molecule is CC1CN(Cc2cn[nH]c2-c2ccccc2F)CC1N.Cl. The van der Waals surface area contributed by atoms with Gasteiger partial charge in [0, 0.05) is 36.8 Å². The van der Waals surface area contributed by atoms with E-state index >= 15 is 0 Å². The fourth-order valence-electron chi connectivity index (χ4n) is 2.79. The van der Waals surface area contributed by atoms with Crippen molar-refractivity contribution in [3.05, 3.63) is 41.8 Å². The second kappa shape index (κ2) is 6.56. The van der Waals surface area contributed by atoms with Crippen molar-refractivity contribution in [1.29, 1.82) is 0 Å². The Hall–Kier alpha value is -1.43. The topological polar surface area (TPSA) is 57.9 Å². The molecule has 2 heterocycles. The summed E-state index contributed by atoms with van der Waals surface area (Å²) in [7, 11) is 0. The normalized spacial score (nSPS) is 22.2. The van der Waals surface area contributed by atoms with Gasteiger partial charge in [-0.15, -0.1) is 12.4 Å². The molecule has 21 heavy (non-hydrogen) atoms. The van der Waals surface area contributed by atoms with Gasteiger partial charge in [0.1, 0.15) is 5.82 Å². The molecule has 2 aromatic rings. The zero-order valence-electron chi connectivity index (χ0n) is 11.9. The van der Waals surface area contributed by atoms with Gasteiger partial charge in [0.05, 0.1) is 11.9 Å². The summed E-state index contributed by atoms with van der Waals surface area (Å²) in [4.78, 5) is 2.30. The van der Waals surface area contributed by atoms with Gasteiger partial charge in [-0.2, -0.15) is 5.10 Å². The summed E-state index contributed by atoms with van der Waals surface area (Å²) in [6.07, 6.45) is 1.77. The Balaban J connectivity index is 0.00000161. The molecule has 1 aliphatic heterocycles. The lowest BCUT2D eigenvalue weighted by atomic mass is 10.1. The van der Waals surface area contributed by atoms with Crippen LogP contribution in [0.25, 0.3) is 11.3 Å². The van der Waals surface area contributed by atoms with E-state index in [1.807, 2.05) is 6.07 Å². The largest absolute Gasteiger partial charge is 0.326 e. The van der Waals surface area contributed by atoms with Crippen LogP contribution in [0.15, 0.2) is 30.5 Å². The van der Waals surface area contributed by atoms with E-state index in [1.54, 1.807) is 18.3 Å². The van der Waals surface area contributed by atoms with E-state index < -0.39 is 0 Å². The maximum absolute atomic E-state index is 13.9. The molecule has 6 heteroatoms. The number of halogens is 2. The number of hydrogen-bond acceptors (Lipinski definition) is 3. The summed E-state index contributed by atoms with van der Waals surface area (Å²) < 4.78 is 13.9. The lowest BCUT2D eigenvalue weighted by Gasteiger charge is -2.15. The fraction of sp³-hybridized carbons (Fsp3) is 0.400. The molecule has 1 aliphatic rings. The van der Waals surface area contributed by atoms with E-state index in [2.05, 4.69) is 22.0 Å². The average molecular weight is 311 g/mol. The monoisotopic (exact) mass is 310 g/mol. The van der Waals surface area contributed by atoms with Crippen LogP contribution in [-0.2, 0) is 6.54 Å². The van der Waals surface area contributed by atoms with Crippen LogP contribution in [0.5, 0.6) is 0 Å². The molecule has 114 valence electrons. The van der Waals surface area contributed by atoms with Gasteiger partial charge in [0.2, 0.25) is 0 Å². The Labute approximate surface area is 129 Å². The fourth-order valence-corrected chi connectivity index (χ4v) is 2.79. The van der Waals surface area contributed by atoms with Crippen LogP contribution in [0.3, 0.4) is 0 Å². The molecule has 1 aromatic heterocycles. The van der Waals surface area contributed by atoms with Crippen molar-refractivity contribution in [3.8, 4) is 11.3 Å². The molecule has 3 N–H and O–H groups in total. The van der Waals surface area contributed by atoms with E-state index in [-0.39, 0.29) is 24.3 Å². The van der Waals surface area contributed by atoms with Gasteiger partial charge in [0.25, 0.3) is 0 Å². The minimum absolute atomic E-state index is 0. The summed E-state index contributed by atoms with van der Waals surface area (Å²) >= 11 is 0. The standard InChI is InChI=1S/C15H19FN4.ClH/c1-10-7-20(9-14(10)17)8-11-6-18-19-15(11)12-4-2-3-5-13(12)16;/h2-6,10,14H,7-9,17H2,1H3,(H,18,19);1H. The highest BCUT2D eigenvalue weighted by molar-refractivity contribution is 5.85. The van der Waals surface area contributed by atoms with Crippen LogP contribution < -0.4 is 5.73 Å². The highest BCUT2D eigenvalue weighted by atomic mass is 35.5. The van der Waals surface area contributed by atoms with Crippen molar-refractivity contribution < 1.29 is 4.39 Å². The highest BCUT2D eigenvalue weighted by Crippen LogP contribution is 2.26. The molecular weight excluding hydrogens is 291 g/mol. The van der Waals surface area contributed by atoms with Gasteiger partial charge in [-0.05, 0) is 18.1 Å². The molecule has 0 saturated carbocycles. The number of H-pyrrole nitrogens is 1. The summed E-state index contributed by atoms with van der Waals surface area (Å²) in [5.74, 6) is 0.267. The first kappa shape index (κ1) is 15.9. The second-order valence-electron chi connectivity index (χ2n) is 5.59. The molecule has 0 spiro atoms. The molecule has 1 saturated heterocycles. The molecular formula is C15H20ClFN4. The van der Waals surface area contributed by atoms with E-state index in [0.717, 1.165) is 30.9 Å². The first-order valence-electron chi connectivity index (χ1n) is 6.90. The maximum Gasteiger partial charge on any atom is 0.132 e. The Bertz CT molecular complexity index is 591. The van der Waals surface area contributed by atoms with Crippen LogP contribution in [0.2, 0.25) is 0 Å². The Morgan fingerprint density at radius 2 is 2.14 bits per heavy atom. The number of nitrogens with two attached hydrogens (primary N) is 1. The molecule has 4 nitrogen and oxygen atoms in total. The van der Waals surface area contributed by atoms with Crippen LogP contribution in [0.4, 0.5) is 4.39 Å². The molecule has 1 fully saturated rings. The number of nitrogens with zero attached hydrogens (tertiary/aromatic N) is 2. The van der Waals surface area contributed by atoms with Gasteiger partial charge in [-0.3, -0.25) is 10.00 Å². The molecule has 2 atom stereocenters. The quantitative estimate of drug-likeness (QED) is 0.915. The van der Waals surface area contributed by atoms with Gasteiger partial charge < -0.3 is 5.73 Å². The molecule has 0 bridgehead atoms. The third-order valence-electron chi connectivity index (χ3n) is 4.00. The van der Waals surface area contributed by atoms with Crippen molar-refractivity contribution in [2.45, 2.75) is 19.5 Å². The number of likely N-dealkylation sites (tertiary alicyclic amines) is 1. The molecule has 0 amide bonds. The molecule has 2 unspecified atom stereocenters. The van der Waals surface area contributed by atoms with Crippen LogP contribution >= 0.6 is 12.4 Å². The summed E-state index contributed by atoms with van der Waals surface area (Å²) in [5, 5.41) is 6.98. The van der Waals surface area contributed by atoms with Crippen LogP contribution in [0.1, 0.15) is 12.5 Å². The lowest BCUT2D eigenvalue weighted by Crippen LogP contribution is -2.28. The van der Waals surface area contributed by atoms with Crippen molar-refractivity contribution in [2.24, 2.45) is 11.7 Å². The Morgan fingerprint density at radius 3 is 2.81 bits per heavy atom. The van der Waals surface area contributed by atoms with Gasteiger partial charge in [0.15, 0.2) is 0 Å². The third kappa shape index (κ3) is 3.26. The van der Waals surface area contributed by atoms with Crippen molar-refractivity contribution in [1.82, 2.24) is 15.1 Å². The van der Waals surface area contributed by atoms with E-state index in [4.69, 9.17) is 5.73 Å².